The molecule has 2 nitrogen and oxygen atoms in total. The average molecular weight is 262 g/mol. The van der Waals surface area contributed by atoms with Crippen molar-refractivity contribution >= 4 is 11.3 Å². The molecule has 0 aliphatic carbocycles. The fraction of sp³-hybridized carbons (Fsp3) is 0.333. The van der Waals surface area contributed by atoms with Crippen LogP contribution in [-0.4, -0.2) is 18.8 Å². The summed E-state index contributed by atoms with van der Waals surface area (Å²) in [4.78, 5) is 1.33. The Morgan fingerprint density at radius 1 is 1.22 bits per heavy atom. The van der Waals surface area contributed by atoms with Crippen LogP contribution in [0.15, 0.2) is 41.8 Å². The van der Waals surface area contributed by atoms with E-state index < -0.39 is 0 Å². The number of aliphatic hydroxyl groups excluding tert-OH is 1. The Bertz CT molecular complexity index is 465. The zero-order valence-corrected chi connectivity index (χ0v) is 11.3. The molecule has 0 aliphatic heterocycles. The summed E-state index contributed by atoms with van der Waals surface area (Å²) in [6.07, 6.45) is 1.82. The molecule has 1 heterocycles. The van der Waals surface area contributed by atoms with E-state index >= 15 is 0 Å². The van der Waals surface area contributed by atoms with Crippen LogP contribution in [-0.2, 0) is 12.8 Å². The number of aliphatic hydroxyl groups is 1. The van der Waals surface area contributed by atoms with Crippen molar-refractivity contribution in [1.82, 2.24) is 0 Å². The highest BCUT2D eigenvalue weighted by atomic mass is 32.1. The number of benzene rings is 1. The number of rotatable bonds is 6. The molecule has 0 saturated carbocycles. The first-order valence-corrected chi connectivity index (χ1v) is 6.96. The van der Waals surface area contributed by atoms with Gasteiger partial charge in [0.1, 0.15) is 5.75 Å². The van der Waals surface area contributed by atoms with Gasteiger partial charge in [0.25, 0.3) is 0 Å². The van der Waals surface area contributed by atoms with E-state index in [1.54, 1.807) is 18.4 Å². The molecule has 3 heteroatoms. The van der Waals surface area contributed by atoms with Gasteiger partial charge in [-0.3, -0.25) is 0 Å². The van der Waals surface area contributed by atoms with Crippen LogP contribution in [0.1, 0.15) is 10.4 Å². The van der Waals surface area contributed by atoms with Crippen molar-refractivity contribution < 1.29 is 9.84 Å². The third kappa shape index (κ3) is 3.59. The topological polar surface area (TPSA) is 29.5 Å². The average Bonchev–Trinajstić information content (AvgIpc) is 2.91. The summed E-state index contributed by atoms with van der Waals surface area (Å²) in [5.74, 6) is 1.15. The van der Waals surface area contributed by atoms with Gasteiger partial charge < -0.3 is 9.84 Å². The molecule has 0 bridgehead atoms. The largest absolute Gasteiger partial charge is 0.497 e. The molecule has 0 amide bonds. The van der Waals surface area contributed by atoms with E-state index in [1.807, 2.05) is 18.2 Å². The van der Waals surface area contributed by atoms with Gasteiger partial charge in [-0.15, -0.1) is 11.3 Å². The summed E-state index contributed by atoms with van der Waals surface area (Å²) in [5, 5.41) is 11.6. The van der Waals surface area contributed by atoms with E-state index in [0.29, 0.717) is 0 Å². The molecule has 1 aromatic carbocycles. The van der Waals surface area contributed by atoms with Crippen molar-refractivity contribution in [1.29, 1.82) is 0 Å². The van der Waals surface area contributed by atoms with Gasteiger partial charge in [-0.2, -0.15) is 0 Å². The summed E-state index contributed by atoms with van der Waals surface area (Å²) in [6.45, 7) is 0.217. The van der Waals surface area contributed by atoms with Gasteiger partial charge >= 0.3 is 0 Å². The summed E-state index contributed by atoms with van der Waals surface area (Å²) in [6, 6.07) is 12.2. The van der Waals surface area contributed by atoms with Crippen molar-refractivity contribution in [2.75, 3.05) is 13.7 Å². The maximum Gasteiger partial charge on any atom is 0.119 e. The summed E-state index contributed by atoms with van der Waals surface area (Å²) in [5.41, 5.74) is 1.21. The molecule has 96 valence electrons. The molecule has 2 rings (SSSR count). The third-order valence-electron chi connectivity index (χ3n) is 2.99. The maximum atomic E-state index is 9.49. The highest BCUT2D eigenvalue weighted by molar-refractivity contribution is 7.09. The molecule has 1 aromatic heterocycles. The van der Waals surface area contributed by atoms with E-state index in [0.717, 1.165) is 18.6 Å². The smallest absolute Gasteiger partial charge is 0.119 e. The Morgan fingerprint density at radius 2 is 2.11 bits per heavy atom. The minimum absolute atomic E-state index is 0.217. The van der Waals surface area contributed by atoms with Gasteiger partial charge in [0.15, 0.2) is 0 Å². The van der Waals surface area contributed by atoms with Crippen LogP contribution in [0.2, 0.25) is 0 Å². The first-order valence-electron chi connectivity index (χ1n) is 6.08. The first kappa shape index (κ1) is 13.1. The molecule has 0 saturated heterocycles. The molecule has 0 spiro atoms. The summed E-state index contributed by atoms with van der Waals surface area (Å²) >= 11 is 1.75. The number of thiophene rings is 1. The highest BCUT2D eigenvalue weighted by Crippen LogP contribution is 2.20. The van der Waals surface area contributed by atoms with Crippen LogP contribution >= 0.6 is 11.3 Å². The highest BCUT2D eigenvalue weighted by Gasteiger charge is 2.10. The molecule has 2 aromatic rings. The molecular weight excluding hydrogens is 244 g/mol. The van der Waals surface area contributed by atoms with Crippen molar-refractivity contribution in [3.05, 3.63) is 52.2 Å². The van der Waals surface area contributed by atoms with Crippen molar-refractivity contribution in [3.63, 3.8) is 0 Å². The summed E-state index contributed by atoms with van der Waals surface area (Å²) in [7, 11) is 1.67. The van der Waals surface area contributed by atoms with Gasteiger partial charge in [0, 0.05) is 11.5 Å². The lowest BCUT2D eigenvalue weighted by molar-refractivity contribution is 0.225. The van der Waals surface area contributed by atoms with Crippen molar-refractivity contribution in [2.45, 2.75) is 12.8 Å². The van der Waals surface area contributed by atoms with Crippen LogP contribution in [0.25, 0.3) is 0 Å². The lowest BCUT2D eigenvalue weighted by atomic mass is 9.96. The zero-order valence-electron chi connectivity index (χ0n) is 10.5. The molecular formula is C15H18O2S. The molecule has 0 fully saturated rings. The van der Waals surface area contributed by atoms with E-state index in [4.69, 9.17) is 4.74 Å². The normalized spacial score (nSPS) is 12.3. The van der Waals surface area contributed by atoms with E-state index in [2.05, 4.69) is 23.6 Å². The molecule has 1 N–H and O–H groups in total. The Morgan fingerprint density at radius 3 is 2.78 bits per heavy atom. The zero-order chi connectivity index (χ0) is 12.8. The van der Waals surface area contributed by atoms with Crippen LogP contribution in [0.4, 0.5) is 0 Å². The van der Waals surface area contributed by atoms with E-state index in [9.17, 15) is 5.11 Å². The standard InChI is InChI=1S/C15H18O2S/c1-17-14-5-2-4-12(9-14)8-13(11-16)10-15-6-3-7-18-15/h2-7,9,13,16H,8,10-11H2,1H3. The predicted molar refractivity (Wildman–Crippen MR) is 75.3 cm³/mol. The van der Waals surface area contributed by atoms with Crippen LogP contribution < -0.4 is 4.74 Å². The fourth-order valence-electron chi connectivity index (χ4n) is 2.05. The van der Waals surface area contributed by atoms with E-state index in [1.165, 1.54) is 10.4 Å². The first-order chi connectivity index (χ1) is 8.81. The molecule has 0 radical (unpaired) electrons. The van der Waals surface area contributed by atoms with Gasteiger partial charge in [-0.1, -0.05) is 18.2 Å². The number of hydrogen-bond acceptors (Lipinski definition) is 3. The number of methoxy groups -OCH3 is 1. The second-order valence-corrected chi connectivity index (χ2v) is 5.42. The molecule has 18 heavy (non-hydrogen) atoms. The quantitative estimate of drug-likeness (QED) is 0.866. The van der Waals surface area contributed by atoms with Crippen molar-refractivity contribution in [3.8, 4) is 5.75 Å². The lowest BCUT2D eigenvalue weighted by Crippen LogP contribution is -2.12. The lowest BCUT2D eigenvalue weighted by Gasteiger charge is -2.13. The SMILES string of the molecule is COc1cccc(CC(CO)Cc2cccs2)c1. The number of ether oxygens (including phenoxy) is 1. The second-order valence-electron chi connectivity index (χ2n) is 4.39. The Balaban J connectivity index is 2.00. The predicted octanol–water partition coefficient (Wildman–Crippen LogP) is 3.15. The fourth-order valence-corrected chi connectivity index (χ4v) is 2.87. The van der Waals surface area contributed by atoms with Gasteiger partial charge in [-0.25, -0.2) is 0 Å². The second kappa shape index (κ2) is 6.57. The summed E-state index contributed by atoms with van der Waals surface area (Å²) < 4.78 is 5.22. The Hall–Kier alpha value is -1.32. The van der Waals surface area contributed by atoms with Crippen LogP contribution in [0, 0.1) is 5.92 Å². The van der Waals surface area contributed by atoms with Crippen molar-refractivity contribution in [2.24, 2.45) is 5.92 Å². The van der Waals surface area contributed by atoms with Gasteiger partial charge in [-0.05, 0) is 47.9 Å². The van der Waals surface area contributed by atoms with Crippen LogP contribution in [0.3, 0.4) is 0 Å². The molecule has 1 atom stereocenters. The molecule has 0 aliphatic rings. The third-order valence-corrected chi connectivity index (χ3v) is 3.89. The van der Waals surface area contributed by atoms with E-state index in [-0.39, 0.29) is 12.5 Å². The monoisotopic (exact) mass is 262 g/mol. The number of hydrogen-bond donors (Lipinski definition) is 1. The Labute approximate surface area is 112 Å². The minimum Gasteiger partial charge on any atom is -0.497 e. The molecule has 1 unspecified atom stereocenters. The van der Waals surface area contributed by atoms with Crippen LogP contribution in [0.5, 0.6) is 5.75 Å². The van der Waals surface area contributed by atoms with Gasteiger partial charge in [0.05, 0.1) is 7.11 Å². The maximum absolute atomic E-state index is 9.49. The van der Waals surface area contributed by atoms with Gasteiger partial charge in [0.2, 0.25) is 0 Å². The Kier molecular flexibility index (Phi) is 4.79. The minimum atomic E-state index is 0.217.